The molecule has 18 heavy (non-hydrogen) atoms. The summed E-state index contributed by atoms with van der Waals surface area (Å²) in [5, 5.41) is 14.5. The lowest BCUT2D eigenvalue weighted by Gasteiger charge is -2.10. The number of hydrogen-bond donors (Lipinski definition) is 4. The van der Waals surface area contributed by atoms with E-state index in [0.717, 1.165) is 19.4 Å². The lowest BCUT2D eigenvalue weighted by Crippen LogP contribution is -2.43. The Balaban J connectivity index is 0.00000162. The maximum Gasteiger partial charge on any atom is 0.243 e. The molecule has 1 atom stereocenters. The zero-order chi connectivity index (χ0) is 12.1. The van der Waals surface area contributed by atoms with E-state index >= 15 is 0 Å². The van der Waals surface area contributed by atoms with Crippen molar-refractivity contribution in [1.82, 2.24) is 20.8 Å². The molecule has 1 fully saturated rings. The summed E-state index contributed by atoms with van der Waals surface area (Å²) < 4.78 is 0. The van der Waals surface area contributed by atoms with Gasteiger partial charge in [-0.3, -0.25) is 14.7 Å². The standard InChI is InChI=1S/C10H15N5O2.ClH/c16-9(15-7-4-13-14-5-7)6-12-10(17)8-2-1-3-11-8;/h4-5,8,11H,1-3,6H2,(H,12,17)(H,13,14)(H,15,16);1H. The van der Waals surface area contributed by atoms with Crippen molar-refractivity contribution in [3.05, 3.63) is 12.4 Å². The van der Waals surface area contributed by atoms with Crippen molar-refractivity contribution in [1.29, 1.82) is 0 Å². The number of halogens is 1. The number of carbonyl (C=O) groups is 2. The molecule has 0 aromatic carbocycles. The van der Waals surface area contributed by atoms with Gasteiger partial charge in [0.25, 0.3) is 0 Å². The monoisotopic (exact) mass is 273 g/mol. The topological polar surface area (TPSA) is 98.9 Å². The molecule has 1 saturated heterocycles. The van der Waals surface area contributed by atoms with Gasteiger partial charge in [-0.1, -0.05) is 0 Å². The van der Waals surface area contributed by atoms with Crippen molar-refractivity contribution in [3.63, 3.8) is 0 Å². The lowest BCUT2D eigenvalue weighted by atomic mass is 10.2. The molecule has 1 aliphatic heterocycles. The van der Waals surface area contributed by atoms with Gasteiger partial charge in [0.05, 0.1) is 24.5 Å². The summed E-state index contributed by atoms with van der Waals surface area (Å²) in [6.45, 7) is 0.835. The number of aromatic nitrogens is 2. The van der Waals surface area contributed by atoms with Crippen molar-refractivity contribution < 1.29 is 9.59 Å². The number of hydrogen-bond acceptors (Lipinski definition) is 4. The van der Waals surface area contributed by atoms with Gasteiger partial charge in [-0.2, -0.15) is 5.10 Å². The highest BCUT2D eigenvalue weighted by molar-refractivity contribution is 5.95. The van der Waals surface area contributed by atoms with Crippen LogP contribution in [-0.2, 0) is 9.59 Å². The number of H-pyrrole nitrogens is 1. The average molecular weight is 274 g/mol. The molecule has 2 amide bonds. The van der Waals surface area contributed by atoms with E-state index in [1.807, 2.05) is 0 Å². The third-order valence-corrected chi connectivity index (χ3v) is 2.58. The van der Waals surface area contributed by atoms with E-state index in [9.17, 15) is 9.59 Å². The maximum atomic E-state index is 11.6. The quantitative estimate of drug-likeness (QED) is 0.602. The Morgan fingerprint density at radius 3 is 2.94 bits per heavy atom. The molecule has 0 saturated carbocycles. The van der Waals surface area contributed by atoms with Crippen LogP contribution >= 0.6 is 12.4 Å². The minimum absolute atomic E-state index is 0. The van der Waals surface area contributed by atoms with Crippen LogP contribution in [-0.4, -0.2) is 41.1 Å². The molecule has 1 aromatic rings. The zero-order valence-electron chi connectivity index (χ0n) is 9.73. The fourth-order valence-electron chi connectivity index (χ4n) is 1.72. The normalized spacial score (nSPS) is 17.9. The van der Waals surface area contributed by atoms with Crippen molar-refractivity contribution in [3.8, 4) is 0 Å². The molecule has 2 rings (SSSR count). The van der Waals surface area contributed by atoms with Gasteiger partial charge in [-0.25, -0.2) is 0 Å². The predicted octanol–water partition coefficient (Wildman–Crippen LogP) is -0.362. The second-order valence-corrected chi connectivity index (χ2v) is 3.90. The van der Waals surface area contributed by atoms with Crippen LogP contribution in [0.3, 0.4) is 0 Å². The van der Waals surface area contributed by atoms with Crippen LogP contribution in [0.25, 0.3) is 0 Å². The Bertz CT molecular complexity index is 389. The largest absolute Gasteiger partial charge is 0.346 e. The molecule has 0 aliphatic carbocycles. The number of aromatic amines is 1. The number of rotatable bonds is 4. The van der Waals surface area contributed by atoms with Crippen molar-refractivity contribution in [2.24, 2.45) is 0 Å². The van der Waals surface area contributed by atoms with Gasteiger partial charge >= 0.3 is 0 Å². The molecule has 1 aliphatic rings. The number of anilines is 1. The van der Waals surface area contributed by atoms with Gasteiger partial charge in [0.15, 0.2) is 0 Å². The molecule has 0 spiro atoms. The highest BCUT2D eigenvalue weighted by Gasteiger charge is 2.21. The summed E-state index contributed by atoms with van der Waals surface area (Å²) in [6, 6.07) is -0.156. The Morgan fingerprint density at radius 2 is 2.33 bits per heavy atom. The minimum Gasteiger partial charge on any atom is -0.346 e. The fourth-order valence-corrected chi connectivity index (χ4v) is 1.72. The predicted molar refractivity (Wildman–Crippen MR) is 68.5 cm³/mol. The zero-order valence-corrected chi connectivity index (χ0v) is 10.5. The fraction of sp³-hybridized carbons (Fsp3) is 0.500. The second-order valence-electron chi connectivity index (χ2n) is 3.90. The highest BCUT2D eigenvalue weighted by atomic mass is 35.5. The van der Waals surface area contributed by atoms with E-state index < -0.39 is 0 Å². The molecule has 7 nitrogen and oxygen atoms in total. The number of amides is 2. The SMILES string of the molecule is Cl.O=C(CNC(=O)C1CCCN1)Nc1cn[nH]c1. The Kier molecular flexibility index (Phi) is 5.60. The number of carbonyl (C=O) groups excluding carboxylic acids is 2. The summed E-state index contributed by atoms with van der Waals surface area (Å²) >= 11 is 0. The third kappa shape index (κ3) is 4.01. The van der Waals surface area contributed by atoms with E-state index in [4.69, 9.17) is 0 Å². The highest BCUT2D eigenvalue weighted by Crippen LogP contribution is 2.04. The maximum absolute atomic E-state index is 11.6. The Labute approximate surface area is 111 Å². The first kappa shape index (κ1) is 14.5. The van der Waals surface area contributed by atoms with Gasteiger partial charge in [-0.05, 0) is 19.4 Å². The van der Waals surface area contributed by atoms with Crippen LogP contribution in [0.15, 0.2) is 12.4 Å². The Hall–Kier alpha value is -1.60. The van der Waals surface area contributed by atoms with E-state index in [-0.39, 0.29) is 36.8 Å². The van der Waals surface area contributed by atoms with E-state index in [0.29, 0.717) is 5.69 Å². The molecule has 4 N–H and O–H groups in total. The first-order valence-electron chi connectivity index (χ1n) is 5.55. The van der Waals surface area contributed by atoms with Crippen LogP contribution in [0.1, 0.15) is 12.8 Å². The second kappa shape index (κ2) is 6.97. The van der Waals surface area contributed by atoms with Crippen molar-refractivity contribution in [2.75, 3.05) is 18.4 Å². The van der Waals surface area contributed by atoms with Gasteiger partial charge < -0.3 is 16.0 Å². The van der Waals surface area contributed by atoms with Crippen molar-refractivity contribution >= 4 is 29.9 Å². The molecule has 1 aromatic heterocycles. The average Bonchev–Trinajstić information content (AvgIpc) is 2.97. The minimum atomic E-state index is -0.266. The van der Waals surface area contributed by atoms with Crippen LogP contribution < -0.4 is 16.0 Å². The molecule has 1 unspecified atom stereocenters. The van der Waals surface area contributed by atoms with Gasteiger partial charge in [0.1, 0.15) is 0 Å². The lowest BCUT2D eigenvalue weighted by molar-refractivity contribution is -0.125. The van der Waals surface area contributed by atoms with Gasteiger partial charge in [0.2, 0.25) is 11.8 Å². The number of nitrogens with zero attached hydrogens (tertiary/aromatic N) is 1. The first-order valence-corrected chi connectivity index (χ1v) is 5.55. The summed E-state index contributed by atoms with van der Waals surface area (Å²) in [5.74, 6) is -0.386. The number of nitrogens with one attached hydrogen (secondary N) is 4. The van der Waals surface area contributed by atoms with Gasteiger partial charge in [0, 0.05) is 6.20 Å². The molecule has 100 valence electrons. The van der Waals surface area contributed by atoms with Crippen LogP contribution in [0, 0.1) is 0 Å². The molecule has 0 radical (unpaired) electrons. The molecule has 2 heterocycles. The molecular weight excluding hydrogens is 258 g/mol. The van der Waals surface area contributed by atoms with Crippen LogP contribution in [0.4, 0.5) is 5.69 Å². The Morgan fingerprint density at radius 1 is 1.50 bits per heavy atom. The third-order valence-electron chi connectivity index (χ3n) is 2.58. The summed E-state index contributed by atoms with van der Waals surface area (Å²) in [4.78, 5) is 23.0. The van der Waals surface area contributed by atoms with E-state index in [1.165, 1.54) is 6.20 Å². The van der Waals surface area contributed by atoms with E-state index in [2.05, 4.69) is 26.1 Å². The summed E-state index contributed by atoms with van der Waals surface area (Å²) in [5.41, 5.74) is 0.586. The van der Waals surface area contributed by atoms with E-state index in [1.54, 1.807) is 6.20 Å². The molecule has 8 heteroatoms. The first-order chi connectivity index (χ1) is 8.25. The molecular formula is C10H16ClN5O2. The van der Waals surface area contributed by atoms with Gasteiger partial charge in [-0.15, -0.1) is 12.4 Å². The summed E-state index contributed by atoms with van der Waals surface area (Å²) in [6.07, 6.45) is 4.89. The van der Waals surface area contributed by atoms with Crippen molar-refractivity contribution in [2.45, 2.75) is 18.9 Å². The van der Waals surface area contributed by atoms with Crippen LogP contribution in [0.2, 0.25) is 0 Å². The summed E-state index contributed by atoms with van der Waals surface area (Å²) in [7, 11) is 0. The smallest absolute Gasteiger partial charge is 0.243 e. The van der Waals surface area contributed by atoms with Crippen LogP contribution in [0.5, 0.6) is 0 Å². The molecule has 0 bridgehead atoms.